The van der Waals surface area contributed by atoms with Crippen molar-refractivity contribution in [2.24, 2.45) is 0 Å². The molecule has 3 aromatic rings. The van der Waals surface area contributed by atoms with E-state index in [0.29, 0.717) is 5.82 Å². The molecular formula is C21H22N4O2. The number of benzene rings is 2. The summed E-state index contributed by atoms with van der Waals surface area (Å²) < 4.78 is 5.16. The number of nitrogens with one attached hydrogen (secondary N) is 3. The largest absolute Gasteiger partial charge is 0.497 e. The second-order valence-corrected chi connectivity index (χ2v) is 5.90. The Hall–Kier alpha value is -3.54. The van der Waals surface area contributed by atoms with Crippen LogP contribution in [0.1, 0.15) is 5.56 Å². The van der Waals surface area contributed by atoms with Crippen LogP contribution in [0.2, 0.25) is 0 Å². The molecule has 0 saturated heterocycles. The lowest BCUT2D eigenvalue weighted by atomic mass is 10.1. The zero-order chi connectivity index (χ0) is 18.9. The standard InChI is InChI=1S/C21H22N4O2/c1-27-19-10-7-16(8-11-19)13-14-22-18-9-12-20(23-15-18)25-21(26)24-17-5-3-2-4-6-17/h2-12,15,22H,13-14H2,1H3,(H2,23,24,25,26). The molecule has 3 rings (SSSR count). The number of nitrogens with zero attached hydrogens (tertiary/aromatic N) is 1. The van der Waals surface area contributed by atoms with Gasteiger partial charge in [-0.25, -0.2) is 9.78 Å². The Morgan fingerprint density at radius 1 is 0.926 bits per heavy atom. The van der Waals surface area contributed by atoms with Crippen LogP contribution in [0.25, 0.3) is 0 Å². The van der Waals surface area contributed by atoms with Gasteiger partial charge in [-0.2, -0.15) is 0 Å². The number of anilines is 3. The number of carbonyl (C=O) groups is 1. The number of carbonyl (C=O) groups excluding carboxylic acids is 1. The summed E-state index contributed by atoms with van der Waals surface area (Å²) in [5.41, 5.74) is 2.86. The van der Waals surface area contributed by atoms with Crippen LogP contribution in [0.15, 0.2) is 72.9 Å². The zero-order valence-electron chi connectivity index (χ0n) is 15.1. The van der Waals surface area contributed by atoms with Crippen molar-refractivity contribution in [2.45, 2.75) is 6.42 Å². The highest BCUT2D eigenvalue weighted by atomic mass is 16.5. The Labute approximate surface area is 158 Å². The fourth-order valence-electron chi connectivity index (χ4n) is 2.52. The first-order valence-electron chi connectivity index (χ1n) is 8.69. The Morgan fingerprint density at radius 2 is 1.70 bits per heavy atom. The van der Waals surface area contributed by atoms with E-state index in [0.717, 1.165) is 30.1 Å². The highest BCUT2D eigenvalue weighted by Gasteiger charge is 2.03. The molecule has 0 unspecified atom stereocenters. The molecular weight excluding hydrogens is 340 g/mol. The molecule has 0 radical (unpaired) electrons. The predicted octanol–water partition coefficient (Wildman–Crippen LogP) is 4.39. The third kappa shape index (κ3) is 5.74. The zero-order valence-corrected chi connectivity index (χ0v) is 15.1. The van der Waals surface area contributed by atoms with Crippen LogP contribution in [0.5, 0.6) is 5.75 Å². The van der Waals surface area contributed by atoms with Gasteiger partial charge in [-0.3, -0.25) is 5.32 Å². The number of amides is 2. The molecule has 0 aliphatic heterocycles. The molecule has 0 fully saturated rings. The summed E-state index contributed by atoms with van der Waals surface area (Å²) in [5, 5.41) is 8.78. The number of urea groups is 1. The monoisotopic (exact) mass is 362 g/mol. The van der Waals surface area contributed by atoms with Gasteiger partial charge in [0.15, 0.2) is 0 Å². The smallest absolute Gasteiger partial charge is 0.324 e. The van der Waals surface area contributed by atoms with Crippen molar-refractivity contribution in [3.05, 3.63) is 78.5 Å². The maximum Gasteiger partial charge on any atom is 0.324 e. The van der Waals surface area contributed by atoms with Gasteiger partial charge in [0.05, 0.1) is 19.0 Å². The Kier molecular flexibility index (Phi) is 6.25. The molecule has 6 nitrogen and oxygen atoms in total. The van der Waals surface area contributed by atoms with Gasteiger partial charge in [-0.05, 0) is 48.4 Å². The minimum absolute atomic E-state index is 0.325. The Morgan fingerprint density at radius 3 is 2.37 bits per heavy atom. The number of aromatic nitrogens is 1. The van der Waals surface area contributed by atoms with Crippen LogP contribution in [0.3, 0.4) is 0 Å². The maximum absolute atomic E-state index is 12.0. The number of methoxy groups -OCH3 is 1. The summed E-state index contributed by atoms with van der Waals surface area (Å²) in [4.78, 5) is 16.2. The number of hydrogen-bond acceptors (Lipinski definition) is 4. The average Bonchev–Trinajstić information content (AvgIpc) is 2.70. The molecule has 0 bridgehead atoms. The summed E-state index contributed by atoms with van der Waals surface area (Å²) in [6.45, 7) is 0.787. The predicted molar refractivity (Wildman–Crippen MR) is 109 cm³/mol. The van der Waals surface area contributed by atoms with Crippen molar-refractivity contribution in [1.29, 1.82) is 0 Å². The summed E-state index contributed by atoms with van der Waals surface area (Å²) >= 11 is 0. The lowest BCUT2D eigenvalue weighted by molar-refractivity contribution is 0.262. The fraction of sp³-hybridized carbons (Fsp3) is 0.143. The summed E-state index contributed by atoms with van der Waals surface area (Å²) in [6.07, 6.45) is 2.59. The molecule has 0 aliphatic carbocycles. The van der Waals surface area contributed by atoms with E-state index in [2.05, 4.69) is 33.1 Å². The first-order chi connectivity index (χ1) is 13.2. The molecule has 2 amide bonds. The van der Waals surface area contributed by atoms with Crippen molar-refractivity contribution in [3.63, 3.8) is 0 Å². The van der Waals surface area contributed by atoms with E-state index in [9.17, 15) is 4.79 Å². The van der Waals surface area contributed by atoms with E-state index in [1.165, 1.54) is 5.56 Å². The Bertz CT molecular complexity index is 850. The number of pyridine rings is 1. The van der Waals surface area contributed by atoms with E-state index in [1.54, 1.807) is 19.4 Å². The SMILES string of the molecule is COc1ccc(CCNc2ccc(NC(=O)Nc3ccccc3)nc2)cc1. The van der Waals surface area contributed by atoms with Crippen molar-refractivity contribution in [1.82, 2.24) is 4.98 Å². The lowest BCUT2D eigenvalue weighted by Gasteiger charge is -2.09. The summed E-state index contributed by atoms with van der Waals surface area (Å²) in [7, 11) is 1.66. The first kappa shape index (κ1) is 18.3. The topological polar surface area (TPSA) is 75.3 Å². The van der Waals surface area contributed by atoms with Crippen LogP contribution >= 0.6 is 0 Å². The molecule has 0 atom stereocenters. The second kappa shape index (κ2) is 9.24. The van der Waals surface area contributed by atoms with E-state index in [1.807, 2.05) is 48.5 Å². The van der Waals surface area contributed by atoms with Crippen LogP contribution in [0, 0.1) is 0 Å². The van der Waals surface area contributed by atoms with E-state index >= 15 is 0 Å². The molecule has 0 spiro atoms. The normalized spacial score (nSPS) is 10.1. The minimum atomic E-state index is -0.325. The molecule has 2 aromatic carbocycles. The molecule has 0 aliphatic rings. The van der Waals surface area contributed by atoms with Gasteiger partial charge in [0.1, 0.15) is 11.6 Å². The maximum atomic E-state index is 12.0. The third-order valence-corrected chi connectivity index (χ3v) is 3.94. The van der Waals surface area contributed by atoms with E-state index in [-0.39, 0.29) is 6.03 Å². The molecule has 1 heterocycles. The molecule has 27 heavy (non-hydrogen) atoms. The van der Waals surface area contributed by atoms with E-state index < -0.39 is 0 Å². The number of hydrogen-bond donors (Lipinski definition) is 3. The van der Waals surface area contributed by atoms with Crippen molar-refractivity contribution < 1.29 is 9.53 Å². The van der Waals surface area contributed by atoms with Crippen molar-refractivity contribution in [3.8, 4) is 5.75 Å². The number of ether oxygens (including phenoxy) is 1. The first-order valence-corrected chi connectivity index (χ1v) is 8.69. The molecule has 1 aromatic heterocycles. The minimum Gasteiger partial charge on any atom is -0.497 e. The van der Waals surface area contributed by atoms with Gasteiger partial charge in [0, 0.05) is 12.2 Å². The molecule has 6 heteroatoms. The van der Waals surface area contributed by atoms with Crippen molar-refractivity contribution >= 4 is 23.2 Å². The highest BCUT2D eigenvalue weighted by Crippen LogP contribution is 2.13. The molecule has 0 saturated carbocycles. The molecule has 138 valence electrons. The average molecular weight is 362 g/mol. The molecule has 3 N–H and O–H groups in total. The van der Waals surface area contributed by atoms with Crippen molar-refractivity contribution in [2.75, 3.05) is 29.6 Å². The number of rotatable bonds is 7. The van der Waals surface area contributed by atoms with Crippen LogP contribution in [-0.4, -0.2) is 24.7 Å². The second-order valence-electron chi connectivity index (χ2n) is 5.90. The van der Waals surface area contributed by atoms with Crippen LogP contribution in [-0.2, 0) is 6.42 Å². The van der Waals surface area contributed by atoms with Crippen LogP contribution < -0.4 is 20.7 Å². The number of para-hydroxylation sites is 1. The highest BCUT2D eigenvalue weighted by molar-refractivity contribution is 5.99. The van der Waals surface area contributed by atoms with Gasteiger partial charge in [0.25, 0.3) is 0 Å². The van der Waals surface area contributed by atoms with Crippen LogP contribution in [0.4, 0.5) is 22.0 Å². The van der Waals surface area contributed by atoms with Gasteiger partial charge in [0.2, 0.25) is 0 Å². The Balaban J connectivity index is 1.44. The van der Waals surface area contributed by atoms with Gasteiger partial charge in [-0.15, -0.1) is 0 Å². The lowest BCUT2D eigenvalue weighted by Crippen LogP contribution is -2.20. The van der Waals surface area contributed by atoms with Gasteiger partial charge >= 0.3 is 6.03 Å². The van der Waals surface area contributed by atoms with Gasteiger partial charge < -0.3 is 15.4 Å². The summed E-state index contributed by atoms with van der Waals surface area (Å²) in [6, 6.07) is 20.6. The van der Waals surface area contributed by atoms with E-state index in [4.69, 9.17) is 4.74 Å². The fourth-order valence-corrected chi connectivity index (χ4v) is 2.52. The third-order valence-electron chi connectivity index (χ3n) is 3.94. The summed E-state index contributed by atoms with van der Waals surface area (Å²) in [5.74, 6) is 1.35. The quantitative estimate of drug-likeness (QED) is 0.583. The van der Waals surface area contributed by atoms with Gasteiger partial charge in [-0.1, -0.05) is 30.3 Å².